The predicted octanol–water partition coefficient (Wildman–Crippen LogP) is 3.03. The molecule has 1 fully saturated rings. The van der Waals surface area contributed by atoms with Gasteiger partial charge in [0, 0.05) is 24.2 Å². The Kier molecular flexibility index (Phi) is 5.21. The van der Waals surface area contributed by atoms with Crippen LogP contribution in [0.15, 0.2) is 18.5 Å². The third-order valence-electron chi connectivity index (χ3n) is 4.21. The van der Waals surface area contributed by atoms with Gasteiger partial charge in [0.05, 0.1) is 17.8 Å². The molecule has 10 heteroatoms. The molecular weight excluding hydrogens is 368 g/mol. The number of piperidine rings is 1. The molecule has 7 nitrogen and oxygen atoms in total. The van der Waals surface area contributed by atoms with Crippen molar-refractivity contribution in [1.29, 1.82) is 0 Å². The highest BCUT2D eigenvalue weighted by molar-refractivity contribution is 7.14. The van der Waals surface area contributed by atoms with Gasteiger partial charge in [0.25, 0.3) is 5.91 Å². The summed E-state index contributed by atoms with van der Waals surface area (Å²) in [6, 6.07) is 1.43. The molecule has 0 spiro atoms. The first-order valence-corrected chi connectivity index (χ1v) is 8.78. The van der Waals surface area contributed by atoms with Crippen molar-refractivity contribution in [2.45, 2.75) is 32.4 Å². The maximum absolute atomic E-state index is 12.7. The molecule has 2 aromatic heterocycles. The number of hydrogen-bond acceptors (Lipinski definition) is 5. The first kappa shape index (κ1) is 18.3. The number of carboxylic acids is 1. The molecule has 1 aliphatic rings. The van der Waals surface area contributed by atoms with Crippen molar-refractivity contribution in [3.63, 3.8) is 0 Å². The molecule has 2 aromatic rings. The summed E-state index contributed by atoms with van der Waals surface area (Å²) in [4.78, 5) is 26.1. The number of aryl methyl sites for hydroxylation is 1. The van der Waals surface area contributed by atoms with Gasteiger partial charge in [-0.25, -0.2) is 4.79 Å². The van der Waals surface area contributed by atoms with Crippen LogP contribution < -0.4 is 4.74 Å². The molecule has 1 N–H and O–H groups in total. The Bertz CT molecular complexity index is 812. The van der Waals surface area contributed by atoms with Crippen molar-refractivity contribution in [2.24, 2.45) is 0 Å². The maximum atomic E-state index is 12.7. The zero-order chi connectivity index (χ0) is 18.8. The topological polar surface area (TPSA) is 84.7 Å². The van der Waals surface area contributed by atoms with E-state index in [-0.39, 0.29) is 28.1 Å². The second-order valence-electron chi connectivity index (χ2n) is 5.97. The highest BCUT2D eigenvalue weighted by atomic mass is 32.1. The van der Waals surface area contributed by atoms with Gasteiger partial charge in [-0.3, -0.25) is 9.48 Å². The summed E-state index contributed by atoms with van der Waals surface area (Å²) in [6.07, 6.45) is 3.97. The second-order valence-corrected chi connectivity index (χ2v) is 7.22. The number of likely N-dealkylation sites (tertiary alicyclic amines) is 1. The standard InChI is InChI=1S/C16H17F2N3O4S/c1-9-6-12(25-16(17)18)13(26-9)14(22)20-4-2-11(3-5-20)21-8-10(7-19-21)15(23)24/h6-8,11,16H,2-5H2,1H3,(H,23,24). The number of carbonyl (C=O) groups is 2. The van der Waals surface area contributed by atoms with E-state index in [1.54, 1.807) is 16.5 Å². The average Bonchev–Trinajstić information content (AvgIpc) is 3.21. The van der Waals surface area contributed by atoms with Crippen molar-refractivity contribution in [1.82, 2.24) is 14.7 Å². The van der Waals surface area contributed by atoms with Crippen LogP contribution in [0.25, 0.3) is 0 Å². The molecule has 1 aliphatic heterocycles. The Balaban J connectivity index is 1.66. The summed E-state index contributed by atoms with van der Waals surface area (Å²) in [6.45, 7) is -0.401. The predicted molar refractivity (Wildman–Crippen MR) is 89.0 cm³/mol. The van der Waals surface area contributed by atoms with Gasteiger partial charge in [0.1, 0.15) is 10.6 Å². The molecule has 3 heterocycles. The molecule has 0 unspecified atom stereocenters. The van der Waals surface area contributed by atoms with Crippen LogP contribution in [0.3, 0.4) is 0 Å². The molecule has 0 bridgehead atoms. The number of aromatic nitrogens is 2. The fraction of sp³-hybridized carbons (Fsp3) is 0.438. The van der Waals surface area contributed by atoms with Gasteiger partial charge in [-0.1, -0.05) is 0 Å². The summed E-state index contributed by atoms with van der Waals surface area (Å²) in [7, 11) is 0. The third-order valence-corrected chi connectivity index (χ3v) is 5.23. The van der Waals surface area contributed by atoms with Gasteiger partial charge >= 0.3 is 12.6 Å². The molecular formula is C16H17F2N3O4S. The maximum Gasteiger partial charge on any atom is 0.387 e. The summed E-state index contributed by atoms with van der Waals surface area (Å²) in [5.41, 5.74) is 0.117. The number of carboxylic acid groups (broad SMARTS) is 1. The SMILES string of the molecule is Cc1cc(OC(F)F)c(C(=O)N2CCC(n3cc(C(=O)O)cn3)CC2)s1. The fourth-order valence-corrected chi connectivity index (χ4v) is 3.86. The molecule has 0 atom stereocenters. The van der Waals surface area contributed by atoms with E-state index >= 15 is 0 Å². The van der Waals surface area contributed by atoms with Crippen LogP contribution in [0.5, 0.6) is 5.75 Å². The largest absolute Gasteiger partial charge is 0.478 e. The zero-order valence-electron chi connectivity index (χ0n) is 13.9. The number of hydrogen-bond donors (Lipinski definition) is 1. The van der Waals surface area contributed by atoms with Crippen LogP contribution in [-0.2, 0) is 0 Å². The molecule has 1 saturated heterocycles. The molecule has 3 rings (SSSR count). The van der Waals surface area contributed by atoms with E-state index < -0.39 is 12.6 Å². The second kappa shape index (κ2) is 7.40. The molecule has 1 amide bonds. The van der Waals surface area contributed by atoms with Crippen molar-refractivity contribution in [3.8, 4) is 5.75 Å². The lowest BCUT2D eigenvalue weighted by Crippen LogP contribution is -2.39. The minimum Gasteiger partial charge on any atom is -0.478 e. The summed E-state index contributed by atoms with van der Waals surface area (Å²) in [5, 5.41) is 13.0. The van der Waals surface area contributed by atoms with E-state index in [4.69, 9.17) is 5.11 Å². The Morgan fingerprint density at radius 2 is 2.08 bits per heavy atom. The van der Waals surface area contributed by atoms with Crippen LogP contribution in [0.1, 0.15) is 43.8 Å². The van der Waals surface area contributed by atoms with Crippen molar-refractivity contribution < 1.29 is 28.2 Å². The average molecular weight is 385 g/mol. The normalized spacial score (nSPS) is 15.5. The number of ether oxygens (including phenoxy) is 1. The zero-order valence-corrected chi connectivity index (χ0v) is 14.7. The molecule has 0 saturated carbocycles. The van der Waals surface area contributed by atoms with Gasteiger partial charge < -0.3 is 14.7 Å². The van der Waals surface area contributed by atoms with Gasteiger partial charge in [0.2, 0.25) is 0 Å². The molecule has 26 heavy (non-hydrogen) atoms. The fourth-order valence-electron chi connectivity index (χ4n) is 2.95. The van der Waals surface area contributed by atoms with Crippen molar-refractivity contribution in [2.75, 3.05) is 13.1 Å². The van der Waals surface area contributed by atoms with Crippen LogP contribution >= 0.6 is 11.3 Å². The van der Waals surface area contributed by atoms with Gasteiger partial charge in [-0.15, -0.1) is 11.3 Å². The lowest BCUT2D eigenvalue weighted by molar-refractivity contribution is -0.0499. The van der Waals surface area contributed by atoms with E-state index in [0.29, 0.717) is 25.9 Å². The Morgan fingerprint density at radius 3 is 2.65 bits per heavy atom. The van der Waals surface area contributed by atoms with E-state index in [1.165, 1.54) is 18.5 Å². The molecule has 0 aliphatic carbocycles. The minimum atomic E-state index is -2.98. The Labute approximate surface area is 151 Å². The van der Waals surface area contributed by atoms with Crippen LogP contribution in [0.4, 0.5) is 8.78 Å². The van der Waals surface area contributed by atoms with Gasteiger partial charge in [-0.2, -0.15) is 13.9 Å². The number of aromatic carboxylic acids is 1. The number of thiophene rings is 1. The number of rotatable bonds is 5. The number of nitrogens with zero attached hydrogens (tertiary/aromatic N) is 3. The van der Waals surface area contributed by atoms with E-state index in [1.807, 2.05) is 0 Å². The highest BCUT2D eigenvalue weighted by Gasteiger charge is 2.29. The summed E-state index contributed by atoms with van der Waals surface area (Å²) in [5.74, 6) is -1.46. The summed E-state index contributed by atoms with van der Waals surface area (Å²) < 4.78 is 31.1. The quantitative estimate of drug-likeness (QED) is 0.855. The van der Waals surface area contributed by atoms with E-state index in [9.17, 15) is 18.4 Å². The number of halogens is 2. The highest BCUT2D eigenvalue weighted by Crippen LogP contribution is 2.33. The Hall–Kier alpha value is -2.49. The lowest BCUT2D eigenvalue weighted by Gasteiger charge is -2.32. The molecule has 0 aromatic carbocycles. The number of carbonyl (C=O) groups excluding carboxylic acids is 1. The van der Waals surface area contributed by atoms with Crippen LogP contribution in [0.2, 0.25) is 0 Å². The molecule has 0 radical (unpaired) electrons. The van der Waals surface area contributed by atoms with Crippen molar-refractivity contribution >= 4 is 23.2 Å². The van der Waals surface area contributed by atoms with E-state index in [0.717, 1.165) is 16.2 Å². The number of amides is 1. The van der Waals surface area contributed by atoms with E-state index in [2.05, 4.69) is 9.84 Å². The first-order chi connectivity index (χ1) is 12.3. The van der Waals surface area contributed by atoms with Crippen LogP contribution in [0, 0.1) is 6.92 Å². The molecule has 140 valence electrons. The van der Waals surface area contributed by atoms with Crippen LogP contribution in [-0.4, -0.2) is 51.4 Å². The van der Waals surface area contributed by atoms with Crippen molar-refractivity contribution in [3.05, 3.63) is 33.8 Å². The minimum absolute atomic E-state index is 0.00555. The van der Waals surface area contributed by atoms with Gasteiger partial charge in [0.15, 0.2) is 0 Å². The Morgan fingerprint density at radius 1 is 1.38 bits per heavy atom. The number of alkyl halides is 2. The smallest absolute Gasteiger partial charge is 0.387 e. The van der Waals surface area contributed by atoms with Gasteiger partial charge in [-0.05, 0) is 25.8 Å². The third kappa shape index (κ3) is 3.85. The summed E-state index contributed by atoms with van der Waals surface area (Å²) >= 11 is 1.13. The monoisotopic (exact) mass is 385 g/mol. The first-order valence-electron chi connectivity index (χ1n) is 7.97. The lowest BCUT2D eigenvalue weighted by atomic mass is 10.1.